The van der Waals surface area contributed by atoms with E-state index in [1.165, 1.54) is 5.56 Å². The molecule has 0 fully saturated rings. The van der Waals surface area contributed by atoms with Gasteiger partial charge in [-0.05, 0) is 48.1 Å². The molecule has 2 aromatic carbocycles. The first kappa shape index (κ1) is 16.6. The van der Waals surface area contributed by atoms with E-state index in [1.807, 2.05) is 50.2 Å². The summed E-state index contributed by atoms with van der Waals surface area (Å²) in [6.07, 6.45) is 0. The predicted octanol–water partition coefficient (Wildman–Crippen LogP) is 4.37. The summed E-state index contributed by atoms with van der Waals surface area (Å²) in [5, 5.41) is 3.45. The van der Waals surface area contributed by atoms with Crippen LogP contribution in [0.5, 0.6) is 0 Å². The number of aryl methyl sites for hydroxylation is 2. The molecule has 1 aliphatic rings. The molecule has 26 heavy (non-hydrogen) atoms. The highest BCUT2D eigenvalue weighted by Gasteiger charge is 2.36. The third kappa shape index (κ3) is 2.45. The molecule has 1 amide bonds. The fraction of sp³-hybridized carbons (Fsp3) is 0.273. The van der Waals surface area contributed by atoms with Gasteiger partial charge in [0.25, 0.3) is 5.91 Å². The molecule has 1 N–H and O–H groups in total. The number of benzene rings is 2. The third-order valence-corrected chi connectivity index (χ3v) is 5.08. The second kappa shape index (κ2) is 5.84. The molecule has 4 heteroatoms. The van der Waals surface area contributed by atoms with Gasteiger partial charge < -0.3 is 9.73 Å². The summed E-state index contributed by atoms with van der Waals surface area (Å²) in [7, 11) is 0. The van der Waals surface area contributed by atoms with Crippen LogP contribution in [0.3, 0.4) is 0 Å². The maximum absolute atomic E-state index is 13.2. The number of hydrogen-bond acceptors (Lipinski definition) is 3. The van der Waals surface area contributed by atoms with Crippen LogP contribution in [0, 0.1) is 13.8 Å². The topological polar surface area (TPSA) is 59.3 Å². The molecule has 0 saturated carbocycles. The Labute approximate surface area is 151 Å². The number of carbonyl (C=O) groups is 1. The van der Waals surface area contributed by atoms with Crippen molar-refractivity contribution in [2.45, 2.75) is 39.7 Å². The van der Waals surface area contributed by atoms with Crippen molar-refractivity contribution in [1.29, 1.82) is 0 Å². The fourth-order valence-electron chi connectivity index (χ4n) is 3.73. The van der Waals surface area contributed by atoms with E-state index in [4.69, 9.17) is 4.42 Å². The van der Waals surface area contributed by atoms with Crippen molar-refractivity contribution < 1.29 is 9.21 Å². The van der Waals surface area contributed by atoms with Gasteiger partial charge >= 0.3 is 0 Å². The van der Waals surface area contributed by atoms with E-state index < -0.39 is 6.04 Å². The number of fused-ring (bicyclic) bond motifs is 2. The largest absolute Gasteiger partial charge is 0.450 e. The molecule has 1 aliphatic heterocycles. The van der Waals surface area contributed by atoms with E-state index in [9.17, 15) is 9.59 Å². The van der Waals surface area contributed by atoms with Crippen molar-refractivity contribution in [1.82, 2.24) is 5.32 Å². The van der Waals surface area contributed by atoms with Crippen LogP contribution in [-0.4, -0.2) is 5.91 Å². The smallest absolute Gasteiger partial charge is 0.288 e. The molecular formula is C22H21NO3. The second-order valence-electron chi connectivity index (χ2n) is 7.36. The Bertz CT molecular complexity index is 1090. The standard InChI is InChI=1S/C22H21NO3/c1-11(2)14-5-7-15(8-6-14)19-18-20(24)17-13(4)9-12(3)10-16(17)26-21(18)22(25)23-19/h5-11,19H,1-4H3,(H,23,25). The van der Waals surface area contributed by atoms with Crippen LogP contribution in [0.15, 0.2) is 45.6 Å². The molecule has 0 saturated heterocycles. The second-order valence-corrected chi connectivity index (χ2v) is 7.36. The number of carbonyl (C=O) groups excluding carboxylic acids is 1. The zero-order valence-corrected chi connectivity index (χ0v) is 15.3. The Morgan fingerprint density at radius 2 is 1.73 bits per heavy atom. The van der Waals surface area contributed by atoms with Crippen LogP contribution >= 0.6 is 0 Å². The summed E-state index contributed by atoms with van der Waals surface area (Å²) in [5.41, 5.74) is 4.72. The molecule has 1 atom stereocenters. The zero-order chi connectivity index (χ0) is 18.6. The van der Waals surface area contributed by atoms with Crippen molar-refractivity contribution in [3.63, 3.8) is 0 Å². The molecule has 1 unspecified atom stereocenters. The van der Waals surface area contributed by atoms with Gasteiger partial charge in [-0.25, -0.2) is 0 Å². The lowest BCUT2D eigenvalue weighted by molar-refractivity contribution is 0.0938. The van der Waals surface area contributed by atoms with Crippen molar-refractivity contribution in [3.05, 3.63) is 80.2 Å². The van der Waals surface area contributed by atoms with Gasteiger partial charge in [0, 0.05) is 0 Å². The molecular weight excluding hydrogens is 326 g/mol. The Morgan fingerprint density at radius 3 is 2.38 bits per heavy atom. The number of rotatable bonds is 2. The minimum atomic E-state index is -0.472. The van der Waals surface area contributed by atoms with Crippen LogP contribution in [0.25, 0.3) is 11.0 Å². The van der Waals surface area contributed by atoms with Gasteiger partial charge in [0.05, 0.1) is 17.0 Å². The quantitative estimate of drug-likeness (QED) is 0.749. The van der Waals surface area contributed by atoms with E-state index in [-0.39, 0.29) is 17.1 Å². The summed E-state index contributed by atoms with van der Waals surface area (Å²) in [5.74, 6) is 0.218. The maximum atomic E-state index is 13.2. The first-order valence-electron chi connectivity index (χ1n) is 8.85. The van der Waals surface area contributed by atoms with Gasteiger partial charge in [-0.1, -0.05) is 44.2 Å². The van der Waals surface area contributed by atoms with Crippen molar-refractivity contribution >= 4 is 16.9 Å². The Kier molecular flexibility index (Phi) is 3.72. The van der Waals surface area contributed by atoms with Crippen molar-refractivity contribution in [3.8, 4) is 0 Å². The SMILES string of the molecule is Cc1cc(C)c2c(=O)c3c(oc2c1)C(=O)NC3c1ccc(C(C)C)cc1. The van der Waals surface area contributed by atoms with Crippen LogP contribution < -0.4 is 10.7 Å². The van der Waals surface area contributed by atoms with Gasteiger partial charge in [0.15, 0.2) is 5.43 Å². The highest BCUT2D eigenvalue weighted by atomic mass is 16.3. The van der Waals surface area contributed by atoms with Crippen LogP contribution in [0.1, 0.15) is 64.2 Å². The summed E-state index contributed by atoms with van der Waals surface area (Å²) in [4.78, 5) is 25.7. The maximum Gasteiger partial charge on any atom is 0.288 e. The van der Waals surface area contributed by atoms with Crippen LogP contribution in [-0.2, 0) is 0 Å². The Morgan fingerprint density at radius 1 is 1.04 bits per heavy atom. The van der Waals surface area contributed by atoms with Gasteiger partial charge in [-0.3, -0.25) is 9.59 Å². The molecule has 0 spiro atoms. The summed E-state index contributed by atoms with van der Waals surface area (Å²) < 4.78 is 5.86. The minimum Gasteiger partial charge on any atom is -0.450 e. The fourth-order valence-corrected chi connectivity index (χ4v) is 3.73. The lowest BCUT2D eigenvalue weighted by Crippen LogP contribution is -2.22. The first-order chi connectivity index (χ1) is 12.4. The van der Waals surface area contributed by atoms with Crippen LogP contribution in [0.4, 0.5) is 0 Å². The molecule has 4 rings (SSSR count). The predicted molar refractivity (Wildman–Crippen MR) is 102 cm³/mol. The highest BCUT2D eigenvalue weighted by Crippen LogP contribution is 2.32. The molecule has 4 nitrogen and oxygen atoms in total. The molecule has 1 aromatic heterocycles. The van der Waals surface area contributed by atoms with E-state index in [0.717, 1.165) is 16.7 Å². The Balaban J connectivity index is 1.93. The molecule has 0 aliphatic carbocycles. The monoisotopic (exact) mass is 347 g/mol. The number of nitrogens with one attached hydrogen (secondary N) is 1. The molecule has 0 bridgehead atoms. The normalized spacial score (nSPS) is 16.2. The van der Waals surface area contributed by atoms with Gasteiger partial charge in [0.2, 0.25) is 5.76 Å². The molecule has 132 valence electrons. The van der Waals surface area contributed by atoms with E-state index in [2.05, 4.69) is 19.2 Å². The lowest BCUT2D eigenvalue weighted by atomic mass is 9.95. The average Bonchev–Trinajstić information content (AvgIpc) is 2.91. The Hall–Kier alpha value is -2.88. The minimum absolute atomic E-state index is 0.130. The average molecular weight is 347 g/mol. The van der Waals surface area contributed by atoms with Gasteiger partial charge in [-0.2, -0.15) is 0 Å². The van der Waals surface area contributed by atoms with Crippen LogP contribution in [0.2, 0.25) is 0 Å². The van der Waals surface area contributed by atoms with Crippen molar-refractivity contribution in [2.24, 2.45) is 0 Å². The first-order valence-corrected chi connectivity index (χ1v) is 8.85. The lowest BCUT2D eigenvalue weighted by Gasteiger charge is -2.13. The van der Waals surface area contributed by atoms with E-state index in [1.54, 1.807) is 0 Å². The number of amides is 1. The number of hydrogen-bond donors (Lipinski definition) is 1. The summed E-state index contributed by atoms with van der Waals surface area (Å²) >= 11 is 0. The summed E-state index contributed by atoms with van der Waals surface area (Å²) in [6.45, 7) is 8.11. The van der Waals surface area contributed by atoms with Gasteiger partial charge in [0.1, 0.15) is 5.58 Å². The molecule has 2 heterocycles. The third-order valence-electron chi connectivity index (χ3n) is 5.08. The molecule has 0 radical (unpaired) electrons. The zero-order valence-electron chi connectivity index (χ0n) is 15.3. The highest BCUT2D eigenvalue weighted by molar-refractivity contribution is 5.99. The van der Waals surface area contributed by atoms with Crippen molar-refractivity contribution in [2.75, 3.05) is 0 Å². The van der Waals surface area contributed by atoms with Gasteiger partial charge in [-0.15, -0.1) is 0 Å². The summed E-state index contributed by atoms with van der Waals surface area (Å²) in [6, 6.07) is 11.3. The van der Waals surface area contributed by atoms with E-state index >= 15 is 0 Å². The van der Waals surface area contributed by atoms with E-state index in [0.29, 0.717) is 22.5 Å². The molecule has 3 aromatic rings.